The van der Waals surface area contributed by atoms with Crippen molar-refractivity contribution in [1.82, 2.24) is 4.90 Å². The predicted octanol–water partition coefficient (Wildman–Crippen LogP) is 5.07. The van der Waals surface area contributed by atoms with Gasteiger partial charge in [0.15, 0.2) is 5.17 Å². The molecule has 3 aromatic carbocycles. The van der Waals surface area contributed by atoms with Crippen molar-refractivity contribution in [3.63, 3.8) is 0 Å². The molecule has 1 aliphatic rings. The van der Waals surface area contributed by atoms with E-state index >= 15 is 0 Å². The maximum Gasteiger partial charge on any atom is 0.338 e. The first-order valence-corrected chi connectivity index (χ1v) is 13.2. The third-order valence-electron chi connectivity index (χ3n) is 5.86. The van der Waals surface area contributed by atoms with E-state index in [0.29, 0.717) is 35.1 Å². The highest BCUT2D eigenvalue weighted by Crippen LogP contribution is 2.30. The summed E-state index contributed by atoms with van der Waals surface area (Å²) in [5.41, 5.74) is 2.69. The highest BCUT2D eigenvalue weighted by molar-refractivity contribution is 8.15. The van der Waals surface area contributed by atoms with Gasteiger partial charge in [-0.15, -0.1) is 0 Å². The number of nitrogens with zero attached hydrogens (tertiary/aromatic N) is 2. The van der Waals surface area contributed by atoms with E-state index in [9.17, 15) is 14.4 Å². The van der Waals surface area contributed by atoms with Gasteiger partial charge in [0, 0.05) is 18.7 Å². The number of carbonyl (C=O) groups is 3. The fraction of sp³-hybridized carbons (Fsp3) is 0.241. The third kappa shape index (κ3) is 7.01. The van der Waals surface area contributed by atoms with Crippen LogP contribution in [-0.2, 0) is 20.7 Å². The summed E-state index contributed by atoms with van der Waals surface area (Å²) in [6, 6.07) is 23.5. The lowest BCUT2D eigenvalue weighted by atomic mass is 10.1. The van der Waals surface area contributed by atoms with Crippen LogP contribution >= 0.6 is 11.8 Å². The highest BCUT2D eigenvalue weighted by Gasteiger charge is 2.35. The summed E-state index contributed by atoms with van der Waals surface area (Å²) >= 11 is 1.26. The van der Waals surface area contributed by atoms with Gasteiger partial charge in [0.1, 0.15) is 11.0 Å². The molecule has 0 bridgehead atoms. The Kier molecular flexibility index (Phi) is 9.16. The number of methoxy groups -OCH3 is 1. The van der Waals surface area contributed by atoms with Gasteiger partial charge in [-0.25, -0.2) is 9.79 Å². The fourth-order valence-corrected chi connectivity index (χ4v) is 4.96. The van der Waals surface area contributed by atoms with Crippen LogP contribution < -0.4 is 10.1 Å². The van der Waals surface area contributed by atoms with Crippen molar-refractivity contribution in [2.75, 3.05) is 25.6 Å². The lowest BCUT2D eigenvalue weighted by Crippen LogP contribution is -2.46. The number of benzene rings is 3. The monoisotopic (exact) mass is 531 g/mol. The smallest absolute Gasteiger partial charge is 0.338 e. The Labute approximate surface area is 226 Å². The van der Waals surface area contributed by atoms with Crippen LogP contribution in [0.4, 0.5) is 11.4 Å². The Morgan fingerprint density at radius 1 is 1.03 bits per heavy atom. The van der Waals surface area contributed by atoms with Crippen LogP contribution in [0, 0.1) is 0 Å². The number of hydrogen-bond acceptors (Lipinski definition) is 7. The minimum absolute atomic E-state index is 0.0623. The second kappa shape index (κ2) is 12.9. The van der Waals surface area contributed by atoms with Gasteiger partial charge in [0.05, 0.1) is 25.0 Å². The molecule has 1 unspecified atom stereocenters. The number of carbonyl (C=O) groups excluding carboxylic acids is 3. The van der Waals surface area contributed by atoms with Gasteiger partial charge in [-0.3, -0.25) is 14.5 Å². The SMILES string of the molecule is CCOC(=O)c1ccc(N=C2SC(C(=O)Nc3ccccc3)CC(=O)N2CCc2ccc(OC)cc2)cc1. The number of anilines is 1. The topological polar surface area (TPSA) is 97.3 Å². The largest absolute Gasteiger partial charge is 0.497 e. The molecule has 2 amide bonds. The molecule has 196 valence electrons. The van der Waals surface area contributed by atoms with Gasteiger partial charge in [-0.1, -0.05) is 42.1 Å². The number of amidine groups is 1. The van der Waals surface area contributed by atoms with E-state index in [0.717, 1.165) is 11.3 Å². The van der Waals surface area contributed by atoms with Crippen LogP contribution in [0.5, 0.6) is 5.75 Å². The molecule has 0 radical (unpaired) electrons. The normalized spacial score (nSPS) is 16.3. The molecule has 9 heteroatoms. The summed E-state index contributed by atoms with van der Waals surface area (Å²) in [6.07, 6.45) is 0.671. The maximum absolute atomic E-state index is 13.3. The average Bonchev–Trinajstić information content (AvgIpc) is 2.94. The van der Waals surface area contributed by atoms with Crippen LogP contribution in [0.1, 0.15) is 29.3 Å². The van der Waals surface area contributed by atoms with Crippen molar-refractivity contribution < 1.29 is 23.9 Å². The summed E-state index contributed by atoms with van der Waals surface area (Å²) < 4.78 is 10.3. The van der Waals surface area contributed by atoms with Crippen LogP contribution in [0.15, 0.2) is 83.9 Å². The first kappa shape index (κ1) is 26.9. The lowest BCUT2D eigenvalue weighted by molar-refractivity contribution is -0.129. The van der Waals surface area contributed by atoms with E-state index < -0.39 is 11.2 Å². The van der Waals surface area contributed by atoms with Crippen molar-refractivity contribution >= 4 is 46.1 Å². The van der Waals surface area contributed by atoms with Gasteiger partial charge in [-0.05, 0) is 67.4 Å². The van der Waals surface area contributed by atoms with E-state index in [-0.39, 0.29) is 24.8 Å². The number of nitrogens with one attached hydrogen (secondary N) is 1. The molecule has 1 N–H and O–H groups in total. The number of hydrogen-bond donors (Lipinski definition) is 1. The van der Waals surface area contributed by atoms with E-state index in [2.05, 4.69) is 5.32 Å². The Balaban J connectivity index is 1.55. The predicted molar refractivity (Wildman–Crippen MR) is 149 cm³/mol. The Morgan fingerprint density at radius 2 is 1.74 bits per heavy atom. The number of esters is 1. The molecule has 1 saturated heterocycles. The molecule has 3 aromatic rings. The molecule has 0 aromatic heterocycles. The van der Waals surface area contributed by atoms with Crippen molar-refractivity contribution in [2.45, 2.75) is 25.0 Å². The molecule has 0 aliphatic carbocycles. The van der Waals surface area contributed by atoms with E-state index in [1.807, 2.05) is 42.5 Å². The Hall–Kier alpha value is -4.11. The molecule has 1 aliphatic heterocycles. The van der Waals surface area contributed by atoms with Crippen molar-refractivity contribution in [1.29, 1.82) is 0 Å². The van der Waals surface area contributed by atoms with Crippen molar-refractivity contribution in [3.05, 3.63) is 90.0 Å². The van der Waals surface area contributed by atoms with E-state index in [1.165, 1.54) is 11.8 Å². The number of ether oxygens (including phenoxy) is 2. The van der Waals surface area contributed by atoms with Crippen molar-refractivity contribution in [3.8, 4) is 5.75 Å². The van der Waals surface area contributed by atoms with Gasteiger partial charge >= 0.3 is 5.97 Å². The minimum atomic E-state index is -0.627. The molecular weight excluding hydrogens is 502 g/mol. The number of rotatable bonds is 9. The molecule has 0 saturated carbocycles. The second-order valence-corrected chi connectivity index (χ2v) is 9.64. The summed E-state index contributed by atoms with van der Waals surface area (Å²) in [5.74, 6) is -0.0751. The first-order valence-electron chi connectivity index (χ1n) is 12.3. The summed E-state index contributed by atoms with van der Waals surface area (Å²) in [5, 5.41) is 2.69. The molecule has 1 heterocycles. The zero-order chi connectivity index (χ0) is 26.9. The summed E-state index contributed by atoms with van der Waals surface area (Å²) in [4.78, 5) is 44.6. The third-order valence-corrected chi connectivity index (χ3v) is 7.05. The fourth-order valence-electron chi connectivity index (χ4n) is 3.84. The van der Waals surface area contributed by atoms with Crippen LogP contribution in [0.3, 0.4) is 0 Å². The van der Waals surface area contributed by atoms with Gasteiger partial charge in [0.2, 0.25) is 11.8 Å². The molecule has 1 atom stereocenters. The molecule has 4 rings (SSSR count). The zero-order valence-corrected chi connectivity index (χ0v) is 22.1. The molecule has 0 spiro atoms. The van der Waals surface area contributed by atoms with Crippen LogP contribution in [0.2, 0.25) is 0 Å². The lowest BCUT2D eigenvalue weighted by Gasteiger charge is -2.32. The number of para-hydroxylation sites is 1. The Morgan fingerprint density at radius 3 is 2.39 bits per heavy atom. The van der Waals surface area contributed by atoms with E-state index in [1.54, 1.807) is 55.3 Å². The van der Waals surface area contributed by atoms with Gasteiger partial charge in [0.25, 0.3) is 0 Å². The standard InChI is InChI=1S/C29H29N3O5S/c1-3-37-28(35)21-11-13-23(14-12-21)31-29-32(18-17-20-9-15-24(36-2)16-10-20)26(33)19-25(38-29)27(34)30-22-7-5-4-6-8-22/h4-16,25H,3,17-19H2,1-2H3,(H,30,34). The van der Waals surface area contributed by atoms with Crippen LogP contribution in [0.25, 0.3) is 0 Å². The summed E-state index contributed by atoms with van der Waals surface area (Å²) in [7, 11) is 1.62. The number of aliphatic imine (C=N–C) groups is 1. The molecular formula is C29H29N3O5S. The van der Waals surface area contributed by atoms with Gasteiger partial charge in [-0.2, -0.15) is 0 Å². The summed E-state index contributed by atoms with van der Waals surface area (Å²) in [6.45, 7) is 2.45. The second-order valence-electron chi connectivity index (χ2n) is 8.47. The average molecular weight is 532 g/mol. The minimum Gasteiger partial charge on any atom is -0.497 e. The van der Waals surface area contributed by atoms with Crippen molar-refractivity contribution in [2.24, 2.45) is 4.99 Å². The number of amides is 2. The maximum atomic E-state index is 13.3. The van der Waals surface area contributed by atoms with E-state index in [4.69, 9.17) is 14.5 Å². The Bertz CT molecular complexity index is 1290. The first-order chi connectivity index (χ1) is 18.5. The number of thioether (sulfide) groups is 1. The zero-order valence-electron chi connectivity index (χ0n) is 21.3. The van der Waals surface area contributed by atoms with Gasteiger partial charge < -0.3 is 14.8 Å². The molecule has 38 heavy (non-hydrogen) atoms. The quantitative estimate of drug-likeness (QED) is 0.387. The molecule has 8 nitrogen and oxygen atoms in total. The molecule has 1 fully saturated rings. The van der Waals surface area contributed by atoms with Crippen LogP contribution in [-0.4, -0.2) is 53.4 Å². The highest BCUT2D eigenvalue weighted by atomic mass is 32.2.